The lowest BCUT2D eigenvalue weighted by Crippen LogP contribution is -2.54. The molecule has 0 fully saturated rings. The van der Waals surface area contributed by atoms with Gasteiger partial charge in [-0.1, -0.05) is 18.2 Å². The first-order valence-corrected chi connectivity index (χ1v) is 12.0. The molecule has 3 amide bonds. The fourth-order valence-electron chi connectivity index (χ4n) is 3.55. The van der Waals surface area contributed by atoms with Crippen molar-refractivity contribution in [1.29, 1.82) is 0 Å². The molecule has 0 spiro atoms. The van der Waals surface area contributed by atoms with Gasteiger partial charge in [-0.05, 0) is 79.0 Å². The van der Waals surface area contributed by atoms with E-state index in [2.05, 4.69) is 10.6 Å². The van der Waals surface area contributed by atoms with Crippen molar-refractivity contribution < 1.29 is 28.7 Å². The molecule has 1 aromatic carbocycles. The zero-order valence-electron chi connectivity index (χ0n) is 22.5. The standard InChI is InChI=1S/C26H41N3O6/c1-10-34-21(30)14-15-27-23(31)22(20-13-11-12-17(4)18(20)5)29(16(2)3)24(32)19(6)28-25(33)35-26(7,8)9/h11-13,16,19,22H,10,14-15H2,1-9H3,(H,27,31)(H,28,33). The number of nitrogens with one attached hydrogen (secondary N) is 2. The molecule has 0 aliphatic heterocycles. The van der Waals surface area contributed by atoms with Crippen molar-refractivity contribution in [2.24, 2.45) is 0 Å². The number of nitrogens with zero attached hydrogens (tertiary/aromatic N) is 1. The summed E-state index contributed by atoms with van der Waals surface area (Å²) >= 11 is 0. The van der Waals surface area contributed by atoms with Gasteiger partial charge in [-0.2, -0.15) is 0 Å². The number of hydrogen-bond donors (Lipinski definition) is 2. The van der Waals surface area contributed by atoms with Crippen molar-refractivity contribution in [3.05, 3.63) is 34.9 Å². The van der Waals surface area contributed by atoms with E-state index in [4.69, 9.17) is 9.47 Å². The monoisotopic (exact) mass is 491 g/mol. The second kappa shape index (κ2) is 13.1. The summed E-state index contributed by atoms with van der Waals surface area (Å²) < 4.78 is 10.2. The Morgan fingerprint density at radius 3 is 2.23 bits per heavy atom. The molecule has 0 aliphatic rings. The SMILES string of the molecule is CCOC(=O)CCNC(=O)C(c1cccc(C)c1C)N(C(=O)C(C)NC(=O)OC(C)(C)C)C(C)C. The number of alkyl carbamates (subject to hydrolysis) is 1. The minimum atomic E-state index is -0.965. The minimum absolute atomic E-state index is 0.0192. The van der Waals surface area contributed by atoms with Crippen LogP contribution in [0.2, 0.25) is 0 Å². The zero-order chi connectivity index (χ0) is 26.9. The molecule has 2 unspecified atom stereocenters. The number of esters is 1. The van der Waals surface area contributed by atoms with Gasteiger partial charge in [0.25, 0.3) is 0 Å². The fraction of sp³-hybridized carbons (Fsp3) is 0.615. The highest BCUT2D eigenvalue weighted by Crippen LogP contribution is 2.29. The Bertz CT molecular complexity index is 907. The molecule has 0 aromatic heterocycles. The molecule has 1 aromatic rings. The van der Waals surface area contributed by atoms with E-state index in [1.165, 1.54) is 4.90 Å². The van der Waals surface area contributed by atoms with Crippen LogP contribution in [-0.4, -0.2) is 59.6 Å². The molecule has 0 saturated heterocycles. The van der Waals surface area contributed by atoms with Gasteiger partial charge in [0.1, 0.15) is 17.7 Å². The Labute approximate surface area is 208 Å². The van der Waals surface area contributed by atoms with Gasteiger partial charge < -0.3 is 25.0 Å². The van der Waals surface area contributed by atoms with E-state index in [1.54, 1.807) is 34.6 Å². The third-order valence-electron chi connectivity index (χ3n) is 5.32. The lowest BCUT2D eigenvalue weighted by molar-refractivity contribution is -0.145. The Hall–Kier alpha value is -3.10. The quantitative estimate of drug-likeness (QED) is 0.484. The summed E-state index contributed by atoms with van der Waals surface area (Å²) in [7, 11) is 0. The third kappa shape index (κ3) is 9.22. The van der Waals surface area contributed by atoms with E-state index in [-0.39, 0.29) is 25.6 Å². The number of ether oxygens (including phenoxy) is 2. The molecule has 2 atom stereocenters. The Morgan fingerprint density at radius 1 is 1.06 bits per heavy atom. The van der Waals surface area contributed by atoms with E-state index in [0.717, 1.165) is 11.1 Å². The van der Waals surface area contributed by atoms with Crippen LogP contribution in [-0.2, 0) is 23.9 Å². The maximum atomic E-state index is 13.6. The largest absolute Gasteiger partial charge is 0.466 e. The van der Waals surface area contributed by atoms with Crippen molar-refractivity contribution in [2.75, 3.05) is 13.2 Å². The van der Waals surface area contributed by atoms with Gasteiger partial charge in [0.05, 0.1) is 13.0 Å². The maximum absolute atomic E-state index is 13.6. The van der Waals surface area contributed by atoms with Gasteiger partial charge in [-0.15, -0.1) is 0 Å². The number of rotatable bonds is 10. The molecule has 9 heteroatoms. The number of carbonyl (C=O) groups excluding carboxylic acids is 4. The second-order valence-electron chi connectivity index (χ2n) is 9.74. The van der Waals surface area contributed by atoms with Gasteiger partial charge in [0.15, 0.2) is 0 Å². The summed E-state index contributed by atoms with van der Waals surface area (Å²) in [5.74, 6) is -1.27. The van der Waals surface area contributed by atoms with Crippen LogP contribution in [0.15, 0.2) is 18.2 Å². The van der Waals surface area contributed by atoms with E-state index >= 15 is 0 Å². The normalized spacial score (nSPS) is 13.0. The Balaban J connectivity index is 3.28. The molecule has 196 valence electrons. The molecule has 2 N–H and O–H groups in total. The summed E-state index contributed by atoms with van der Waals surface area (Å²) in [6, 6.07) is 3.31. The summed E-state index contributed by atoms with van der Waals surface area (Å²) in [6.45, 7) is 16.2. The van der Waals surface area contributed by atoms with E-state index in [1.807, 2.05) is 45.9 Å². The maximum Gasteiger partial charge on any atom is 0.408 e. The predicted octanol–water partition coefficient (Wildman–Crippen LogP) is 3.56. The van der Waals surface area contributed by atoms with Crippen LogP contribution in [0.4, 0.5) is 4.79 Å². The van der Waals surface area contributed by atoms with Crippen molar-refractivity contribution in [3.63, 3.8) is 0 Å². The van der Waals surface area contributed by atoms with Crippen LogP contribution in [0.3, 0.4) is 0 Å². The minimum Gasteiger partial charge on any atom is -0.466 e. The first-order valence-electron chi connectivity index (χ1n) is 12.0. The first kappa shape index (κ1) is 29.9. The highest BCUT2D eigenvalue weighted by atomic mass is 16.6. The predicted molar refractivity (Wildman–Crippen MR) is 134 cm³/mol. The number of benzene rings is 1. The van der Waals surface area contributed by atoms with Crippen LogP contribution in [0.5, 0.6) is 0 Å². The van der Waals surface area contributed by atoms with Crippen molar-refractivity contribution in [2.45, 2.75) is 92.5 Å². The Kier molecular flexibility index (Phi) is 11.2. The van der Waals surface area contributed by atoms with Gasteiger partial charge in [-0.3, -0.25) is 14.4 Å². The molecule has 0 saturated carbocycles. The zero-order valence-corrected chi connectivity index (χ0v) is 22.5. The topological polar surface area (TPSA) is 114 Å². The van der Waals surface area contributed by atoms with Gasteiger partial charge in [0, 0.05) is 12.6 Å². The summed E-state index contributed by atoms with van der Waals surface area (Å²) in [5, 5.41) is 5.34. The molecule has 35 heavy (non-hydrogen) atoms. The average molecular weight is 492 g/mol. The molecule has 0 aliphatic carbocycles. The summed E-state index contributed by atoms with van der Waals surface area (Å²) in [5.41, 5.74) is 1.81. The van der Waals surface area contributed by atoms with Crippen molar-refractivity contribution >= 4 is 23.9 Å². The molecule has 0 bridgehead atoms. The van der Waals surface area contributed by atoms with Crippen LogP contribution in [0.25, 0.3) is 0 Å². The summed E-state index contributed by atoms with van der Waals surface area (Å²) in [6.07, 6.45) is -0.699. The molecule has 0 heterocycles. The highest BCUT2D eigenvalue weighted by molar-refractivity contribution is 5.92. The molecular formula is C26H41N3O6. The van der Waals surface area contributed by atoms with Gasteiger partial charge in [0.2, 0.25) is 11.8 Å². The number of aryl methyl sites for hydroxylation is 1. The molecule has 9 nitrogen and oxygen atoms in total. The molecule has 0 radical (unpaired) electrons. The smallest absolute Gasteiger partial charge is 0.408 e. The van der Waals surface area contributed by atoms with E-state index in [0.29, 0.717) is 5.56 Å². The third-order valence-corrected chi connectivity index (χ3v) is 5.32. The number of amides is 3. The van der Waals surface area contributed by atoms with Crippen molar-refractivity contribution in [1.82, 2.24) is 15.5 Å². The fourth-order valence-corrected chi connectivity index (χ4v) is 3.55. The van der Waals surface area contributed by atoms with Crippen LogP contribution < -0.4 is 10.6 Å². The summed E-state index contributed by atoms with van der Waals surface area (Å²) in [4.78, 5) is 52.5. The average Bonchev–Trinajstić information content (AvgIpc) is 2.72. The van der Waals surface area contributed by atoms with Gasteiger partial charge in [-0.25, -0.2) is 4.79 Å². The van der Waals surface area contributed by atoms with E-state index in [9.17, 15) is 19.2 Å². The van der Waals surface area contributed by atoms with Crippen LogP contribution >= 0.6 is 0 Å². The number of hydrogen-bond acceptors (Lipinski definition) is 6. The van der Waals surface area contributed by atoms with Crippen LogP contribution in [0, 0.1) is 13.8 Å². The lowest BCUT2D eigenvalue weighted by Gasteiger charge is -2.37. The van der Waals surface area contributed by atoms with E-state index < -0.39 is 41.6 Å². The Morgan fingerprint density at radius 2 is 1.69 bits per heavy atom. The first-order chi connectivity index (χ1) is 16.2. The molecule has 1 rings (SSSR count). The van der Waals surface area contributed by atoms with Crippen molar-refractivity contribution in [3.8, 4) is 0 Å². The second-order valence-corrected chi connectivity index (χ2v) is 9.74. The van der Waals surface area contributed by atoms with Crippen LogP contribution in [0.1, 0.15) is 77.6 Å². The highest BCUT2D eigenvalue weighted by Gasteiger charge is 2.37. The molecular weight excluding hydrogens is 450 g/mol. The van der Waals surface area contributed by atoms with Gasteiger partial charge >= 0.3 is 12.1 Å². The lowest BCUT2D eigenvalue weighted by atomic mass is 9.94. The number of carbonyl (C=O) groups is 4.